The average molecular weight is 396 g/mol. The Balaban J connectivity index is 1.71. The van der Waals surface area contributed by atoms with Gasteiger partial charge in [0.15, 0.2) is 23.3 Å². The average Bonchev–Trinajstić information content (AvgIpc) is 2.66. The van der Waals surface area contributed by atoms with Crippen molar-refractivity contribution in [3.8, 4) is 5.75 Å². The van der Waals surface area contributed by atoms with Gasteiger partial charge in [-0.2, -0.15) is 0 Å². The van der Waals surface area contributed by atoms with Crippen molar-refractivity contribution < 1.29 is 19.1 Å². The van der Waals surface area contributed by atoms with Crippen molar-refractivity contribution >= 4 is 40.3 Å². The first-order valence-electron chi connectivity index (χ1n) is 8.49. The standard InChI is InChI=1S/C20H16N2O5S/c1-10-6-5-8-12-16(23)14(20(26)27-18(10)12)21-19(25)15-17(24)11-7-3-4-9-13(11)28-22(15)2/h3-9,15,23H,1-2H3,(H,21,25). The molecule has 1 unspecified atom stereocenters. The van der Waals surface area contributed by atoms with E-state index in [4.69, 9.17) is 4.42 Å². The summed E-state index contributed by atoms with van der Waals surface area (Å²) in [5.41, 5.74) is 0.104. The Morgan fingerprint density at radius 1 is 1.18 bits per heavy atom. The lowest BCUT2D eigenvalue weighted by Crippen LogP contribution is -2.47. The van der Waals surface area contributed by atoms with Gasteiger partial charge in [0.25, 0.3) is 5.91 Å². The number of aryl methyl sites for hydroxylation is 1. The summed E-state index contributed by atoms with van der Waals surface area (Å²) >= 11 is 1.26. The van der Waals surface area contributed by atoms with Crippen LogP contribution < -0.4 is 10.9 Å². The number of Topliss-reactive ketones (excluding diaryl/α,β-unsaturated/α-hetero) is 1. The van der Waals surface area contributed by atoms with Crippen LogP contribution in [-0.2, 0) is 4.79 Å². The number of para-hydroxylation sites is 1. The summed E-state index contributed by atoms with van der Waals surface area (Å²) in [5.74, 6) is -1.48. The predicted molar refractivity (Wildman–Crippen MR) is 106 cm³/mol. The summed E-state index contributed by atoms with van der Waals surface area (Å²) in [6, 6.07) is 10.9. The lowest BCUT2D eigenvalue weighted by molar-refractivity contribution is -0.118. The Morgan fingerprint density at radius 3 is 2.71 bits per heavy atom. The summed E-state index contributed by atoms with van der Waals surface area (Å²) < 4.78 is 6.79. The van der Waals surface area contributed by atoms with Crippen LogP contribution in [0.1, 0.15) is 15.9 Å². The number of nitrogens with zero attached hydrogens (tertiary/aromatic N) is 1. The Kier molecular flexibility index (Phi) is 4.44. The lowest BCUT2D eigenvalue weighted by Gasteiger charge is -2.30. The lowest BCUT2D eigenvalue weighted by atomic mass is 10.0. The third-order valence-electron chi connectivity index (χ3n) is 4.61. The molecule has 0 aliphatic carbocycles. The predicted octanol–water partition coefficient (Wildman–Crippen LogP) is 2.95. The van der Waals surface area contributed by atoms with Gasteiger partial charge in [0.2, 0.25) is 0 Å². The zero-order valence-corrected chi connectivity index (χ0v) is 15.9. The molecule has 3 aromatic rings. The minimum atomic E-state index is -1.15. The molecule has 0 fully saturated rings. The zero-order chi connectivity index (χ0) is 20.0. The maximum absolute atomic E-state index is 12.8. The second kappa shape index (κ2) is 6.81. The van der Waals surface area contributed by atoms with E-state index in [1.54, 1.807) is 50.4 Å². The smallest absolute Gasteiger partial charge is 0.364 e. The van der Waals surface area contributed by atoms with Crippen LogP contribution >= 0.6 is 11.9 Å². The van der Waals surface area contributed by atoms with E-state index in [9.17, 15) is 19.5 Å². The van der Waals surface area contributed by atoms with Gasteiger partial charge in [-0.05, 0) is 43.6 Å². The fraction of sp³-hybridized carbons (Fsp3) is 0.150. The number of benzene rings is 2. The van der Waals surface area contributed by atoms with Crippen molar-refractivity contribution in [1.82, 2.24) is 4.31 Å². The highest BCUT2D eigenvalue weighted by atomic mass is 32.2. The van der Waals surface area contributed by atoms with Crippen LogP contribution in [0, 0.1) is 6.92 Å². The molecule has 1 amide bonds. The molecule has 2 aromatic carbocycles. The van der Waals surface area contributed by atoms with Crippen molar-refractivity contribution in [1.29, 1.82) is 0 Å². The Morgan fingerprint density at radius 2 is 1.93 bits per heavy atom. The third kappa shape index (κ3) is 2.87. The van der Waals surface area contributed by atoms with Crippen LogP contribution in [0.3, 0.4) is 0 Å². The molecule has 2 heterocycles. The van der Waals surface area contributed by atoms with Gasteiger partial charge in [0.1, 0.15) is 5.58 Å². The Hall–Kier alpha value is -3.10. The van der Waals surface area contributed by atoms with Gasteiger partial charge in [-0.15, -0.1) is 0 Å². The fourth-order valence-electron chi connectivity index (χ4n) is 3.21. The number of hydrogen-bond donors (Lipinski definition) is 2. The highest BCUT2D eigenvalue weighted by Gasteiger charge is 2.38. The summed E-state index contributed by atoms with van der Waals surface area (Å²) in [6.45, 7) is 1.74. The number of amides is 1. The monoisotopic (exact) mass is 396 g/mol. The first-order chi connectivity index (χ1) is 13.4. The van der Waals surface area contributed by atoms with E-state index >= 15 is 0 Å². The van der Waals surface area contributed by atoms with Gasteiger partial charge in [0.05, 0.1) is 5.39 Å². The number of fused-ring (bicyclic) bond motifs is 2. The van der Waals surface area contributed by atoms with Gasteiger partial charge in [-0.1, -0.05) is 30.3 Å². The molecule has 0 radical (unpaired) electrons. The number of carbonyl (C=O) groups excluding carboxylic acids is 2. The zero-order valence-electron chi connectivity index (χ0n) is 15.1. The van der Waals surface area contributed by atoms with E-state index in [0.29, 0.717) is 16.5 Å². The quantitative estimate of drug-likeness (QED) is 0.390. The minimum Gasteiger partial charge on any atom is -0.505 e. The summed E-state index contributed by atoms with van der Waals surface area (Å²) in [5, 5.41) is 13.2. The van der Waals surface area contributed by atoms with Crippen molar-refractivity contribution in [3.05, 3.63) is 64.0 Å². The minimum absolute atomic E-state index is 0.248. The first kappa shape index (κ1) is 18.3. The van der Waals surface area contributed by atoms with E-state index < -0.39 is 17.6 Å². The highest BCUT2D eigenvalue weighted by Crippen LogP contribution is 2.35. The molecule has 1 aliphatic heterocycles. The fourth-order valence-corrected chi connectivity index (χ4v) is 4.22. The van der Waals surface area contributed by atoms with E-state index in [1.807, 2.05) is 6.07 Å². The summed E-state index contributed by atoms with van der Waals surface area (Å²) in [6.07, 6.45) is 0. The summed E-state index contributed by atoms with van der Waals surface area (Å²) in [4.78, 5) is 38.7. The van der Waals surface area contributed by atoms with Crippen LogP contribution in [0.5, 0.6) is 5.75 Å². The second-order valence-electron chi connectivity index (χ2n) is 6.45. The number of hydrogen-bond acceptors (Lipinski definition) is 7. The highest BCUT2D eigenvalue weighted by molar-refractivity contribution is 7.97. The first-order valence-corrected chi connectivity index (χ1v) is 9.26. The summed E-state index contributed by atoms with van der Waals surface area (Å²) in [7, 11) is 1.62. The third-order valence-corrected chi connectivity index (χ3v) is 5.66. The van der Waals surface area contributed by atoms with E-state index in [-0.39, 0.29) is 22.8 Å². The van der Waals surface area contributed by atoms with Crippen LogP contribution in [0.2, 0.25) is 0 Å². The Bertz CT molecular complexity index is 1190. The normalized spacial score (nSPS) is 16.8. The number of nitrogens with one attached hydrogen (secondary N) is 1. The molecule has 0 saturated carbocycles. The van der Waals surface area contributed by atoms with Crippen LogP contribution in [0.25, 0.3) is 11.0 Å². The van der Waals surface area contributed by atoms with E-state index in [1.165, 1.54) is 16.3 Å². The molecular formula is C20H16N2O5S. The number of ketones is 1. The van der Waals surface area contributed by atoms with Gasteiger partial charge in [-0.3, -0.25) is 9.59 Å². The number of carbonyl (C=O) groups is 2. The molecule has 2 N–H and O–H groups in total. The number of anilines is 1. The SMILES string of the molecule is Cc1cccc2c(O)c(NC(=O)C3C(=O)c4ccccc4SN3C)c(=O)oc12. The Labute approximate surface area is 164 Å². The molecule has 8 heteroatoms. The van der Waals surface area contributed by atoms with Crippen LogP contribution in [0.15, 0.2) is 56.6 Å². The number of aromatic hydroxyl groups is 1. The molecule has 1 atom stereocenters. The van der Waals surface area contributed by atoms with Crippen molar-refractivity contribution in [3.63, 3.8) is 0 Å². The number of rotatable bonds is 2. The molecular weight excluding hydrogens is 380 g/mol. The van der Waals surface area contributed by atoms with Crippen molar-refractivity contribution in [2.75, 3.05) is 12.4 Å². The van der Waals surface area contributed by atoms with E-state index in [2.05, 4.69) is 5.32 Å². The maximum Gasteiger partial charge on any atom is 0.364 e. The van der Waals surface area contributed by atoms with Gasteiger partial charge < -0.3 is 14.8 Å². The van der Waals surface area contributed by atoms with Gasteiger partial charge in [-0.25, -0.2) is 9.10 Å². The number of likely N-dealkylation sites (N-methyl/N-ethyl adjacent to an activating group) is 1. The molecule has 4 rings (SSSR count). The molecule has 28 heavy (non-hydrogen) atoms. The van der Waals surface area contributed by atoms with Crippen LogP contribution in [0.4, 0.5) is 5.69 Å². The molecule has 1 aliphatic rings. The van der Waals surface area contributed by atoms with E-state index in [0.717, 1.165) is 4.90 Å². The maximum atomic E-state index is 12.8. The molecule has 142 valence electrons. The van der Waals surface area contributed by atoms with Crippen molar-refractivity contribution in [2.45, 2.75) is 17.9 Å². The molecule has 0 spiro atoms. The van der Waals surface area contributed by atoms with Gasteiger partial charge >= 0.3 is 5.63 Å². The van der Waals surface area contributed by atoms with Crippen molar-refractivity contribution in [2.24, 2.45) is 0 Å². The topological polar surface area (TPSA) is 99.9 Å². The molecule has 1 aromatic heterocycles. The molecule has 7 nitrogen and oxygen atoms in total. The molecule has 0 bridgehead atoms. The molecule has 0 saturated heterocycles. The second-order valence-corrected chi connectivity index (χ2v) is 7.65. The largest absolute Gasteiger partial charge is 0.505 e. The van der Waals surface area contributed by atoms with Crippen LogP contribution in [-0.4, -0.2) is 34.2 Å². The van der Waals surface area contributed by atoms with Gasteiger partial charge in [0, 0.05) is 10.5 Å².